The van der Waals surface area contributed by atoms with Crippen molar-refractivity contribution in [2.45, 2.75) is 25.7 Å². The van der Waals surface area contributed by atoms with Crippen LogP contribution in [0.3, 0.4) is 0 Å². The van der Waals surface area contributed by atoms with E-state index in [1.165, 1.54) is 16.7 Å². The summed E-state index contributed by atoms with van der Waals surface area (Å²) in [5, 5.41) is 3.19. The lowest BCUT2D eigenvalue weighted by Gasteiger charge is -2.20. The summed E-state index contributed by atoms with van der Waals surface area (Å²) in [5.74, 6) is 0.00543. The largest absolute Gasteiger partial charge is 0.316 e. The van der Waals surface area contributed by atoms with Crippen LogP contribution in [-0.2, 0) is 0 Å². The van der Waals surface area contributed by atoms with E-state index in [2.05, 4.69) is 17.5 Å². The Labute approximate surface area is 96.4 Å². The number of rotatable bonds is 3. The fraction of sp³-hybridized carbons (Fsp3) is 0.429. The zero-order chi connectivity index (χ0) is 11.4. The monoisotopic (exact) mass is 219 g/mol. The van der Waals surface area contributed by atoms with Crippen LogP contribution in [0.1, 0.15) is 25.7 Å². The lowest BCUT2D eigenvalue weighted by Crippen LogP contribution is -2.13. The molecule has 0 bridgehead atoms. The van der Waals surface area contributed by atoms with Crippen LogP contribution < -0.4 is 5.32 Å². The summed E-state index contributed by atoms with van der Waals surface area (Å²) in [4.78, 5) is 0. The number of hydrogen-bond acceptors (Lipinski definition) is 1. The minimum atomic E-state index is 0.00543. The van der Waals surface area contributed by atoms with Gasteiger partial charge in [-0.15, -0.1) is 0 Å². The van der Waals surface area contributed by atoms with Crippen molar-refractivity contribution in [2.75, 3.05) is 13.6 Å². The highest BCUT2D eigenvalue weighted by Gasteiger charge is 2.14. The van der Waals surface area contributed by atoms with Gasteiger partial charge in [-0.1, -0.05) is 18.2 Å². The molecular formula is C14H18FN. The van der Waals surface area contributed by atoms with Gasteiger partial charge in [-0.05, 0) is 49.1 Å². The normalized spacial score (nSPS) is 20.9. The average molecular weight is 219 g/mol. The van der Waals surface area contributed by atoms with Crippen LogP contribution in [0.15, 0.2) is 46.9 Å². The third-order valence-electron chi connectivity index (χ3n) is 3.12. The van der Waals surface area contributed by atoms with Crippen molar-refractivity contribution in [1.82, 2.24) is 5.32 Å². The number of allylic oxidation sites excluding steroid dienone is 6. The van der Waals surface area contributed by atoms with Crippen LogP contribution in [0.2, 0.25) is 0 Å². The van der Waals surface area contributed by atoms with Crippen molar-refractivity contribution in [2.24, 2.45) is 0 Å². The Balaban J connectivity index is 2.26. The van der Waals surface area contributed by atoms with E-state index in [-0.39, 0.29) is 5.83 Å². The molecule has 2 aliphatic rings. The Hall–Kier alpha value is -1.15. The van der Waals surface area contributed by atoms with Crippen molar-refractivity contribution in [3.63, 3.8) is 0 Å². The second kappa shape index (κ2) is 5.26. The van der Waals surface area contributed by atoms with E-state index in [1.807, 2.05) is 13.1 Å². The molecule has 0 atom stereocenters. The molecule has 2 rings (SSSR count). The molecule has 86 valence electrons. The summed E-state index contributed by atoms with van der Waals surface area (Å²) in [6.45, 7) is 0.898. The fourth-order valence-corrected chi connectivity index (χ4v) is 2.30. The first-order valence-electron chi connectivity index (χ1n) is 5.90. The third kappa shape index (κ3) is 2.50. The molecule has 0 saturated heterocycles. The highest BCUT2D eigenvalue weighted by molar-refractivity contribution is 5.45. The molecule has 1 nitrogen and oxygen atoms in total. The number of likely N-dealkylation sites (N-methyl/N-ethyl adjacent to an activating group) is 1. The number of halogens is 1. The van der Waals surface area contributed by atoms with Crippen molar-refractivity contribution in [1.29, 1.82) is 0 Å². The van der Waals surface area contributed by atoms with Crippen molar-refractivity contribution in [3.8, 4) is 0 Å². The Morgan fingerprint density at radius 1 is 1.25 bits per heavy atom. The van der Waals surface area contributed by atoms with E-state index in [1.54, 1.807) is 6.08 Å². The summed E-state index contributed by atoms with van der Waals surface area (Å²) in [6.07, 6.45) is 11.6. The van der Waals surface area contributed by atoms with E-state index in [9.17, 15) is 4.39 Å². The highest BCUT2D eigenvalue weighted by atomic mass is 19.1. The smallest absolute Gasteiger partial charge is 0.100 e. The van der Waals surface area contributed by atoms with Gasteiger partial charge >= 0.3 is 0 Å². The second-order valence-corrected chi connectivity index (χ2v) is 4.28. The Kier molecular flexibility index (Phi) is 3.73. The zero-order valence-corrected chi connectivity index (χ0v) is 9.72. The van der Waals surface area contributed by atoms with Gasteiger partial charge in [0.1, 0.15) is 5.83 Å². The molecule has 0 fully saturated rings. The minimum absolute atomic E-state index is 0.00543. The first kappa shape index (κ1) is 11.3. The van der Waals surface area contributed by atoms with E-state index in [0.29, 0.717) is 6.42 Å². The Morgan fingerprint density at radius 3 is 2.81 bits per heavy atom. The zero-order valence-electron chi connectivity index (χ0n) is 9.72. The summed E-state index contributed by atoms with van der Waals surface area (Å²) in [6, 6.07) is 0. The minimum Gasteiger partial charge on any atom is -0.316 e. The quantitative estimate of drug-likeness (QED) is 0.767. The number of nitrogens with one attached hydrogen (secondary N) is 1. The molecule has 0 radical (unpaired) electrons. The Bertz CT molecular complexity index is 386. The Morgan fingerprint density at radius 2 is 2.12 bits per heavy atom. The predicted molar refractivity (Wildman–Crippen MR) is 65.8 cm³/mol. The van der Waals surface area contributed by atoms with Crippen LogP contribution in [0.5, 0.6) is 0 Å². The predicted octanol–water partition coefficient (Wildman–Crippen LogP) is 3.43. The summed E-state index contributed by atoms with van der Waals surface area (Å²) in [5.41, 5.74) is 4.09. The summed E-state index contributed by atoms with van der Waals surface area (Å²) in [7, 11) is 1.96. The van der Waals surface area contributed by atoms with Gasteiger partial charge in [0.05, 0.1) is 0 Å². The van der Waals surface area contributed by atoms with Gasteiger partial charge < -0.3 is 5.32 Å². The van der Waals surface area contributed by atoms with Crippen LogP contribution in [0.4, 0.5) is 4.39 Å². The van der Waals surface area contributed by atoms with E-state index in [4.69, 9.17) is 0 Å². The van der Waals surface area contributed by atoms with Crippen molar-refractivity contribution in [3.05, 3.63) is 46.9 Å². The molecule has 2 aliphatic carbocycles. The molecule has 0 heterocycles. The first-order chi connectivity index (χ1) is 7.81. The number of hydrogen-bond donors (Lipinski definition) is 1. The third-order valence-corrected chi connectivity index (χ3v) is 3.12. The molecular weight excluding hydrogens is 201 g/mol. The van der Waals surface area contributed by atoms with Crippen LogP contribution in [-0.4, -0.2) is 13.6 Å². The molecule has 0 aliphatic heterocycles. The molecule has 0 saturated carbocycles. The van der Waals surface area contributed by atoms with Crippen molar-refractivity contribution < 1.29 is 4.39 Å². The molecule has 1 N–H and O–H groups in total. The topological polar surface area (TPSA) is 12.0 Å². The molecule has 0 unspecified atom stereocenters. The molecule has 16 heavy (non-hydrogen) atoms. The second-order valence-electron chi connectivity index (χ2n) is 4.28. The van der Waals surface area contributed by atoms with Gasteiger partial charge in [-0.2, -0.15) is 0 Å². The fourth-order valence-electron chi connectivity index (χ4n) is 2.30. The van der Waals surface area contributed by atoms with Gasteiger partial charge in [0, 0.05) is 13.0 Å². The van der Waals surface area contributed by atoms with Crippen LogP contribution in [0, 0.1) is 0 Å². The lowest BCUT2D eigenvalue weighted by molar-refractivity contribution is 0.582. The van der Waals surface area contributed by atoms with Crippen molar-refractivity contribution >= 4 is 0 Å². The van der Waals surface area contributed by atoms with Gasteiger partial charge in [-0.25, -0.2) is 4.39 Å². The SMILES string of the molecule is CNCC1=C(C2=CC=C(F)CC2)CCC=C1. The molecule has 0 aromatic carbocycles. The van der Waals surface area contributed by atoms with Gasteiger partial charge in [0.25, 0.3) is 0 Å². The molecule has 0 aromatic heterocycles. The first-order valence-corrected chi connectivity index (χ1v) is 5.90. The van der Waals surface area contributed by atoms with Gasteiger partial charge in [0.15, 0.2) is 0 Å². The van der Waals surface area contributed by atoms with E-state index in [0.717, 1.165) is 25.8 Å². The van der Waals surface area contributed by atoms with Gasteiger partial charge in [0.2, 0.25) is 0 Å². The van der Waals surface area contributed by atoms with Gasteiger partial charge in [-0.3, -0.25) is 0 Å². The maximum Gasteiger partial charge on any atom is 0.100 e. The molecule has 0 amide bonds. The molecule has 0 spiro atoms. The maximum atomic E-state index is 12.9. The summed E-state index contributed by atoms with van der Waals surface area (Å²) >= 11 is 0. The summed E-state index contributed by atoms with van der Waals surface area (Å²) < 4.78 is 12.9. The standard InChI is InChI=1S/C14H18FN/c1-16-10-12-4-2-3-5-14(12)11-6-8-13(15)9-7-11/h2,4,6,8,16H,3,5,7,9-10H2,1H3. The molecule has 2 heteroatoms. The lowest BCUT2D eigenvalue weighted by atomic mass is 9.87. The van der Waals surface area contributed by atoms with E-state index >= 15 is 0 Å². The van der Waals surface area contributed by atoms with E-state index < -0.39 is 0 Å². The maximum absolute atomic E-state index is 12.9. The van der Waals surface area contributed by atoms with Crippen LogP contribution >= 0.6 is 0 Å². The highest BCUT2D eigenvalue weighted by Crippen LogP contribution is 2.31. The molecule has 0 aromatic rings. The van der Waals surface area contributed by atoms with Crippen LogP contribution in [0.25, 0.3) is 0 Å². The average Bonchev–Trinajstić information content (AvgIpc) is 2.32.